The lowest BCUT2D eigenvalue weighted by atomic mass is 10.1. The number of halogens is 1. The molecule has 1 aromatic carbocycles. The van der Waals surface area contributed by atoms with Crippen molar-refractivity contribution in [3.63, 3.8) is 0 Å². The molecular weight excluding hydrogens is 271 g/mol. The monoisotopic (exact) mass is 290 g/mol. The highest BCUT2D eigenvalue weighted by molar-refractivity contribution is 5.94. The quantitative estimate of drug-likeness (QED) is 0.790. The largest absolute Gasteiger partial charge is 0.351 e. The van der Waals surface area contributed by atoms with Gasteiger partial charge in [-0.2, -0.15) is 5.10 Å². The molecule has 0 atom stereocenters. The minimum Gasteiger partial charge on any atom is -0.351 e. The zero-order valence-corrected chi connectivity index (χ0v) is 12.2. The van der Waals surface area contributed by atoms with Crippen molar-refractivity contribution in [2.45, 2.75) is 13.5 Å². The van der Waals surface area contributed by atoms with E-state index in [0.29, 0.717) is 30.8 Å². The lowest BCUT2D eigenvalue weighted by molar-refractivity contribution is 0.0953. The third kappa shape index (κ3) is 4.39. The summed E-state index contributed by atoms with van der Waals surface area (Å²) < 4.78 is 15.1. The molecule has 0 radical (unpaired) electrons. The van der Waals surface area contributed by atoms with Crippen LogP contribution < -0.4 is 10.6 Å². The molecule has 1 heterocycles. The van der Waals surface area contributed by atoms with Gasteiger partial charge in [0.25, 0.3) is 5.91 Å². The number of aromatic nitrogens is 2. The van der Waals surface area contributed by atoms with Crippen LogP contribution in [0.5, 0.6) is 0 Å². The first-order valence-corrected chi connectivity index (χ1v) is 6.79. The van der Waals surface area contributed by atoms with E-state index in [4.69, 9.17) is 0 Å². The highest BCUT2D eigenvalue weighted by atomic mass is 19.1. The molecule has 0 spiro atoms. The van der Waals surface area contributed by atoms with Crippen molar-refractivity contribution in [3.05, 3.63) is 53.1 Å². The van der Waals surface area contributed by atoms with Crippen LogP contribution in [0.3, 0.4) is 0 Å². The Bertz CT molecular complexity index is 624. The summed E-state index contributed by atoms with van der Waals surface area (Å²) in [6.07, 6.45) is 3.72. The Morgan fingerprint density at radius 3 is 2.86 bits per heavy atom. The summed E-state index contributed by atoms with van der Waals surface area (Å²) in [6, 6.07) is 4.48. The van der Waals surface area contributed by atoms with Gasteiger partial charge >= 0.3 is 0 Å². The van der Waals surface area contributed by atoms with E-state index in [9.17, 15) is 9.18 Å². The number of amides is 1. The van der Waals surface area contributed by atoms with E-state index in [0.717, 1.165) is 5.56 Å². The predicted octanol–water partition coefficient (Wildman–Crippen LogP) is 1.39. The smallest absolute Gasteiger partial charge is 0.251 e. The maximum atomic E-state index is 13.4. The lowest BCUT2D eigenvalue weighted by Gasteiger charge is -2.07. The second-order valence-electron chi connectivity index (χ2n) is 4.92. The summed E-state index contributed by atoms with van der Waals surface area (Å²) in [4.78, 5) is 11.8. The number of benzene rings is 1. The second kappa shape index (κ2) is 6.99. The molecule has 1 aromatic heterocycles. The normalized spacial score (nSPS) is 10.6. The van der Waals surface area contributed by atoms with Gasteiger partial charge in [0.1, 0.15) is 5.82 Å². The van der Waals surface area contributed by atoms with Crippen LogP contribution in [0.1, 0.15) is 21.5 Å². The number of hydrogen-bond donors (Lipinski definition) is 2. The first-order chi connectivity index (χ1) is 10.1. The first kappa shape index (κ1) is 15.2. The Labute approximate surface area is 123 Å². The second-order valence-corrected chi connectivity index (χ2v) is 4.92. The Morgan fingerprint density at radius 2 is 2.19 bits per heavy atom. The molecule has 0 aliphatic carbocycles. The van der Waals surface area contributed by atoms with Crippen LogP contribution >= 0.6 is 0 Å². The van der Waals surface area contributed by atoms with E-state index in [2.05, 4.69) is 15.7 Å². The van der Waals surface area contributed by atoms with Crippen LogP contribution in [0.4, 0.5) is 4.39 Å². The van der Waals surface area contributed by atoms with E-state index in [-0.39, 0.29) is 11.7 Å². The summed E-state index contributed by atoms with van der Waals surface area (Å²) in [5.74, 6) is -0.630. The SMILES string of the molecule is Cc1ccc(C(=O)NCCNCc2cnn(C)c2)cc1F. The van der Waals surface area contributed by atoms with Crippen LogP contribution in [-0.4, -0.2) is 28.8 Å². The molecule has 0 saturated carbocycles. The number of carbonyl (C=O) groups is 1. The van der Waals surface area contributed by atoms with Gasteiger partial charge in [0.15, 0.2) is 0 Å². The van der Waals surface area contributed by atoms with Gasteiger partial charge in [-0.1, -0.05) is 6.07 Å². The van der Waals surface area contributed by atoms with E-state index >= 15 is 0 Å². The van der Waals surface area contributed by atoms with Crippen molar-refractivity contribution >= 4 is 5.91 Å². The van der Waals surface area contributed by atoms with Gasteiger partial charge in [-0.3, -0.25) is 9.48 Å². The van der Waals surface area contributed by atoms with Gasteiger partial charge in [0, 0.05) is 44.0 Å². The van der Waals surface area contributed by atoms with Crippen LogP contribution in [-0.2, 0) is 13.6 Å². The minimum absolute atomic E-state index is 0.267. The number of nitrogens with one attached hydrogen (secondary N) is 2. The Balaban J connectivity index is 1.70. The molecule has 6 heteroatoms. The fraction of sp³-hybridized carbons (Fsp3) is 0.333. The van der Waals surface area contributed by atoms with Crippen molar-refractivity contribution in [1.29, 1.82) is 0 Å². The fourth-order valence-corrected chi connectivity index (χ4v) is 1.90. The summed E-state index contributed by atoms with van der Waals surface area (Å²) in [5.41, 5.74) is 1.96. The first-order valence-electron chi connectivity index (χ1n) is 6.79. The van der Waals surface area contributed by atoms with E-state index in [1.807, 2.05) is 13.2 Å². The molecule has 112 valence electrons. The summed E-state index contributed by atoms with van der Waals surface area (Å²) in [7, 11) is 1.87. The zero-order valence-electron chi connectivity index (χ0n) is 12.2. The third-order valence-electron chi connectivity index (χ3n) is 3.11. The maximum absolute atomic E-state index is 13.4. The van der Waals surface area contributed by atoms with Crippen molar-refractivity contribution in [3.8, 4) is 0 Å². The van der Waals surface area contributed by atoms with E-state index < -0.39 is 0 Å². The molecular formula is C15H19FN4O. The molecule has 2 N–H and O–H groups in total. The highest BCUT2D eigenvalue weighted by Crippen LogP contribution is 2.08. The average Bonchev–Trinajstić information content (AvgIpc) is 2.87. The molecule has 1 amide bonds. The molecule has 2 rings (SSSR count). The molecule has 5 nitrogen and oxygen atoms in total. The molecule has 0 bridgehead atoms. The number of rotatable bonds is 6. The summed E-state index contributed by atoms with van der Waals surface area (Å²) >= 11 is 0. The van der Waals surface area contributed by atoms with Crippen LogP contribution in [0.15, 0.2) is 30.6 Å². The van der Waals surface area contributed by atoms with Gasteiger partial charge in [-0.05, 0) is 24.6 Å². The minimum atomic E-state index is -0.364. The predicted molar refractivity (Wildman–Crippen MR) is 78.4 cm³/mol. The zero-order chi connectivity index (χ0) is 15.2. The molecule has 2 aromatic rings. The van der Waals surface area contributed by atoms with Gasteiger partial charge < -0.3 is 10.6 Å². The van der Waals surface area contributed by atoms with Crippen LogP contribution in [0, 0.1) is 12.7 Å². The molecule has 0 saturated heterocycles. The maximum Gasteiger partial charge on any atom is 0.251 e. The van der Waals surface area contributed by atoms with Crippen molar-refractivity contribution in [1.82, 2.24) is 20.4 Å². The topological polar surface area (TPSA) is 59.0 Å². The summed E-state index contributed by atoms with van der Waals surface area (Å²) in [5, 5.41) is 10.0. The molecule has 0 aliphatic rings. The molecule has 21 heavy (non-hydrogen) atoms. The van der Waals surface area contributed by atoms with Crippen molar-refractivity contribution in [2.75, 3.05) is 13.1 Å². The van der Waals surface area contributed by atoms with Crippen molar-refractivity contribution < 1.29 is 9.18 Å². The Morgan fingerprint density at radius 1 is 1.38 bits per heavy atom. The Kier molecular flexibility index (Phi) is 5.05. The van der Waals surface area contributed by atoms with Gasteiger partial charge in [-0.25, -0.2) is 4.39 Å². The summed E-state index contributed by atoms with van der Waals surface area (Å²) in [6.45, 7) is 3.48. The van der Waals surface area contributed by atoms with Crippen molar-refractivity contribution in [2.24, 2.45) is 7.05 Å². The standard InChI is InChI=1S/C15H19FN4O/c1-11-3-4-13(7-14(11)16)15(21)18-6-5-17-8-12-9-19-20(2)10-12/h3-4,7,9-10,17H,5-6,8H2,1-2H3,(H,18,21). The van der Waals surface area contributed by atoms with Gasteiger partial charge in [0.2, 0.25) is 0 Å². The van der Waals surface area contributed by atoms with Gasteiger partial charge in [-0.15, -0.1) is 0 Å². The van der Waals surface area contributed by atoms with Gasteiger partial charge in [0.05, 0.1) is 6.20 Å². The fourth-order valence-electron chi connectivity index (χ4n) is 1.90. The molecule has 0 fully saturated rings. The third-order valence-corrected chi connectivity index (χ3v) is 3.11. The number of aryl methyl sites for hydroxylation is 2. The Hall–Kier alpha value is -2.21. The van der Waals surface area contributed by atoms with E-state index in [1.54, 1.807) is 29.9 Å². The average molecular weight is 290 g/mol. The molecule has 0 aliphatic heterocycles. The van der Waals surface area contributed by atoms with Crippen LogP contribution in [0.2, 0.25) is 0 Å². The lowest BCUT2D eigenvalue weighted by Crippen LogP contribution is -2.31. The van der Waals surface area contributed by atoms with Crippen LogP contribution in [0.25, 0.3) is 0 Å². The number of hydrogen-bond acceptors (Lipinski definition) is 3. The number of nitrogens with zero attached hydrogens (tertiary/aromatic N) is 2. The number of carbonyl (C=O) groups excluding carboxylic acids is 1. The van der Waals surface area contributed by atoms with E-state index in [1.165, 1.54) is 6.07 Å². The highest BCUT2D eigenvalue weighted by Gasteiger charge is 2.07. The molecule has 0 unspecified atom stereocenters.